The van der Waals surface area contributed by atoms with Gasteiger partial charge in [0.2, 0.25) is 0 Å². The van der Waals surface area contributed by atoms with E-state index in [1.54, 1.807) is 17.9 Å². The molecule has 0 saturated carbocycles. The molecular formula is C24H26Cl2N2O4S. The Morgan fingerprint density at radius 2 is 1.94 bits per heavy atom. The summed E-state index contributed by atoms with van der Waals surface area (Å²) in [7, 11) is 0. The van der Waals surface area contributed by atoms with Crippen LogP contribution in [0.1, 0.15) is 35.7 Å². The van der Waals surface area contributed by atoms with Crippen LogP contribution in [0.15, 0.2) is 42.5 Å². The van der Waals surface area contributed by atoms with Crippen LogP contribution in [0.25, 0.3) is 0 Å². The highest BCUT2D eigenvalue weighted by atomic mass is 35.5. The smallest absolute Gasteiger partial charge is 0.329 e. The lowest BCUT2D eigenvalue weighted by molar-refractivity contribution is -0.155. The van der Waals surface area contributed by atoms with Gasteiger partial charge in [0.05, 0.1) is 10.6 Å². The summed E-state index contributed by atoms with van der Waals surface area (Å²) in [6.45, 7) is 2.13. The van der Waals surface area contributed by atoms with Gasteiger partial charge in [-0.1, -0.05) is 41.4 Å². The van der Waals surface area contributed by atoms with Crippen molar-refractivity contribution < 1.29 is 19.1 Å². The number of esters is 1. The Bertz CT molecular complexity index is 1030. The molecular weight excluding hydrogens is 483 g/mol. The van der Waals surface area contributed by atoms with E-state index in [4.69, 9.17) is 27.9 Å². The summed E-state index contributed by atoms with van der Waals surface area (Å²) in [6, 6.07) is 11.3. The number of ether oxygens (including phenoxy) is 1. The van der Waals surface area contributed by atoms with Crippen LogP contribution in [0.4, 0.5) is 5.69 Å². The van der Waals surface area contributed by atoms with Gasteiger partial charge in [0.1, 0.15) is 6.04 Å². The number of anilines is 1. The van der Waals surface area contributed by atoms with E-state index >= 15 is 0 Å². The van der Waals surface area contributed by atoms with E-state index < -0.39 is 24.0 Å². The number of aryl methyl sites for hydroxylation is 1. The molecule has 0 radical (unpaired) electrons. The number of nitrogens with one attached hydrogen (secondary N) is 1. The zero-order valence-corrected chi connectivity index (χ0v) is 20.8. The largest absolute Gasteiger partial charge is 0.451 e. The number of halogens is 2. The molecule has 0 unspecified atom stereocenters. The van der Waals surface area contributed by atoms with Crippen LogP contribution in [-0.2, 0) is 20.7 Å². The molecule has 2 amide bonds. The lowest BCUT2D eigenvalue weighted by Crippen LogP contribution is -2.47. The number of amides is 2. The number of hydrogen-bond acceptors (Lipinski definition) is 5. The molecule has 0 fully saturated rings. The van der Waals surface area contributed by atoms with Gasteiger partial charge < -0.3 is 15.0 Å². The fraction of sp³-hybridized carbons (Fsp3) is 0.375. The second-order valence-corrected chi connectivity index (χ2v) is 9.56. The molecule has 0 aliphatic carbocycles. The minimum absolute atomic E-state index is 0.185. The van der Waals surface area contributed by atoms with Gasteiger partial charge in [0.25, 0.3) is 11.8 Å². The number of benzene rings is 2. The summed E-state index contributed by atoms with van der Waals surface area (Å²) in [5.41, 5.74) is 2.15. The number of para-hydroxylation sites is 1. The monoisotopic (exact) mass is 508 g/mol. The lowest BCUT2D eigenvalue weighted by Gasteiger charge is -2.31. The van der Waals surface area contributed by atoms with E-state index in [1.165, 1.54) is 23.9 Å². The molecule has 3 rings (SSSR count). The topological polar surface area (TPSA) is 75.7 Å². The highest BCUT2D eigenvalue weighted by molar-refractivity contribution is 7.98. The first-order chi connectivity index (χ1) is 15.8. The maximum atomic E-state index is 13.1. The molecule has 33 heavy (non-hydrogen) atoms. The van der Waals surface area contributed by atoms with Gasteiger partial charge in [0, 0.05) is 17.3 Å². The van der Waals surface area contributed by atoms with Crippen LogP contribution >= 0.6 is 35.0 Å². The second kappa shape index (κ2) is 11.8. The molecule has 176 valence electrons. The number of carbonyl (C=O) groups is 3. The summed E-state index contributed by atoms with van der Waals surface area (Å²) in [4.78, 5) is 40.4. The maximum absolute atomic E-state index is 13.1. The predicted molar refractivity (Wildman–Crippen MR) is 133 cm³/mol. The number of nitrogens with zero attached hydrogens (tertiary/aromatic N) is 1. The normalized spacial score (nSPS) is 14.7. The second-order valence-electron chi connectivity index (χ2n) is 7.73. The molecule has 1 heterocycles. The molecule has 6 nitrogen and oxygen atoms in total. The third-order valence-corrected chi connectivity index (χ3v) is 6.58. The summed E-state index contributed by atoms with van der Waals surface area (Å²) in [5.74, 6) is -0.834. The predicted octanol–water partition coefficient (Wildman–Crippen LogP) is 4.76. The SMILES string of the molecule is CSCC[C@@H](NC(=O)c1ccc(Cl)cc1Cl)C(=O)O[C@@H](C)C(=O)N1CCCc2ccccc21. The number of fused-ring (bicyclic) bond motifs is 1. The van der Waals surface area contributed by atoms with E-state index in [-0.39, 0.29) is 16.5 Å². The Morgan fingerprint density at radius 1 is 1.18 bits per heavy atom. The van der Waals surface area contributed by atoms with Crippen LogP contribution < -0.4 is 10.2 Å². The summed E-state index contributed by atoms with van der Waals surface area (Å²) >= 11 is 13.6. The van der Waals surface area contributed by atoms with E-state index in [0.717, 1.165) is 24.1 Å². The number of thioether (sulfide) groups is 1. The fourth-order valence-electron chi connectivity index (χ4n) is 3.68. The van der Waals surface area contributed by atoms with Gasteiger partial charge in [-0.2, -0.15) is 11.8 Å². The maximum Gasteiger partial charge on any atom is 0.329 e. The van der Waals surface area contributed by atoms with E-state index in [0.29, 0.717) is 23.7 Å². The first-order valence-electron chi connectivity index (χ1n) is 10.7. The number of rotatable bonds is 8. The highest BCUT2D eigenvalue weighted by Gasteiger charge is 2.31. The molecule has 9 heteroatoms. The van der Waals surface area contributed by atoms with E-state index in [2.05, 4.69) is 5.32 Å². The van der Waals surface area contributed by atoms with Crippen molar-refractivity contribution in [2.75, 3.05) is 23.5 Å². The zero-order valence-electron chi connectivity index (χ0n) is 18.5. The molecule has 1 aliphatic heterocycles. The van der Waals surface area contributed by atoms with Crippen molar-refractivity contribution in [3.05, 3.63) is 63.6 Å². The Labute approximate surface area is 207 Å². The molecule has 0 aromatic heterocycles. The van der Waals surface area contributed by atoms with Gasteiger partial charge in [0.15, 0.2) is 6.10 Å². The third-order valence-electron chi connectivity index (χ3n) is 5.39. The molecule has 2 aromatic rings. The van der Waals surface area contributed by atoms with Crippen molar-refractivity contribution in [1.29, 1.82) is 0 Å². The first-order valence-corrected chi connectivity index (χ1v) is 12.8. The number of carbonyl (C=O) groups excluding carboxylic acids is 3. The van der Waals surface area contributed by atoms with Gasteiger partial charge in [-0.3, -0.25) is 9.59 Å². The van der Waals surface area contributed by atoms with Crippen molar-refractivity contribution in [3.8, 4) is 0 Å². The Balaban J connectivity index is 1.69. The highest BCUT2D eigenvalue weighted by Crippen LogP contribution is 2.27. The van der Waals surface area contributed by atoms with Gasteiger partial charge in [-0.15, -0.1) is 0 Å². The van der Waals surface area contributed by atoms with Crippen molar-refractivity contribution in [2.45, 2.75) is 38.3 Å². The standard InChI is InChI=1S/C24H26Cl2N2O4S/c1-15(23(30)28-12-5-7-16-6-3-4-8-21(16)28)32-24(31)20(11-13-33-2)27-22(29)18-10-9-17(25)14-19(18)26/h3-4,6,8-10,14-15,20H,5,7,11-13H2,1-2H3,(H,27,29)/t15-,20+/m0/s1. The van der Waals surface area contributed by atoms with Gasteiger partial charge >= 0.3 is 5.97 Å². The lowest BCUT2D eigenvalue weighted by atomic mass is 10.0. The van der Waals surface area contributed by atoms with E-state index in [9.17, 15) is 14.4 Å². The Kier molecular flexibility index (Phi) is 9.06. The van der Waals surface area contributed by atoms with Crippen molar-refractivity contribution in [1.82, 2.24) is 5.32 Å². The zero-order chi connectivity index (χ0) is 24.0. The van der Waals surface area contributed by atoms with Crippen LogP contribution in [0, 0.1) is 0 Å². The minimum atomic E-state index is -0.989. The molecule has 2 aromatic carbocycles. The van der Waals surface area contributed by atoms with Crippen LogP contribution in [0.2, 0.25) is 10.0 Å². The number of hydrogen-bond donors (Lipinski definition) is 1. The summed E-state index contributed by atoms with van der Waals surface area (Å²) in [5, 5.41) is 3.28. The Hall–Kier alpha value is -2.22. The molecule has 2 atom stereocenters. The molecule has 0 saturated heterocycles. The van der Waals surface area contributed by atoms with Crippen LogP contribution in [0.3, 0.4) is 0 Å². The van der Waals surface area contributed by atoms with Crippen LogP contribution in [-0.4, -0.2) is 48.5 Å². The summed E-state index contributed by atoms with van der Waals surface area (Å²) < 4.78 is 5.52. The van der Waals surface area contributed by atoms with Crippen molar-refractivity contribution in [3.63, 3.8) is 0 Å². The minimum Gasteiger partial charge on any atom is -0.451 e. The molecule has 1 aliphatic rings. The fourth-order valence-corrected chi connectivity index (χ4v) is 4.65. The van der Waals surface area contributed by atoms with Gasteiger partial charge in [-0.05, 0) is 68.0 Å². The molecule has 1 N–H and O–H groups in total. The van der Waals surface area contributed by atoms with E-state index in [1.807, 2.05) is 30.5 Å². The Morgan fingerprint density at radius 3 is 2.67 bits per heavy atom. The third kappa shape index (κ3) is 6.43. The average molecular weight is 509 g/mol. The van der Waals surface area contributed by atoms with Gasteiger partial charge in [-0.25, -0.2) is 4.79 Å². The van der Waals surface area contributed by atoms with Crippen LogP contribution in [0.5, 0.6) is 0 Å². The van der Waals surface area contributed by atoms with Crippen molar-refractivity contribution in [2.24, 2.45) is 0 Å². The molecule has 0 bridgehead atoms. The van der Waals surface area contributed by atoms with Crippen molar-refractivity contribution >= 4 is 58.4 Å². The quantitative estimate of drug-likeness (QED) is 0.520. The first kappa shape index (κ1) is 25.4. The summed E-state index contributed by atoms with van der Waals surface area (Å²) in [6.07, 6.45) is 3.02. The average Bonchev–Trinajstić information content (AvgIpc) is 2.80. The molecule has 0 spiro atoms.